The predicted octanol–water partition coefficient (Wildman–Crippen LogP) is 1.48. The first-order valence-corrected chi connectivity index (χ1v) is 4.02. The molecule has 1 rings (SSSR count). The van der Waals surface area contributed by atoms with Crippen LogP contribution in [0.5, 0.6) is 0 Å². The molecule has 0 spiro atoms. The number of ether oxygens (including phenoxy) is 1. The van der Waals surface area contributed by atoms with Crippen molar-refractivity contribution >= 4 is 0 Å². The Hall–Kier alpha value is -0.740. The molecule has 74 valence electrons. The van der Waals surface area contributed by atoms with E-state index in [1.807, 2.05) is 0 Å². The SMILES string of the molecule is COC1C(CN)=CC(F)=CC1(C)F. The van der Waals surface area contributed by atoms with Gasteiger partial charge in [-0.15, -0.1) is 0 Å². The van der Waals surface area contributed by atoms with Gasteiger partial charge >= 0.3 is 0 Å². The van der Waals surface area contributed by atoms with Gasteiger partial charge < -0.3 is 10.5 Å². The molecular weight excluding hydrogens is 176 g/mol. The first-order chi connectivity index (χ1) is 6.01. The van der Waals surface area contributed by atoms with Gasteiger partial charge in [0, 0.05) is 13.7 Å². The first-order valence-electron chi connectivity index (χ1n) is 4.02. The summed E-state index contributed by atoms with van der Waals surface area (Å²) in [5, 5.41) is 0. The van der Waals surface area contributed by atoms with Gasteiger partial charge in [0.15, 0.2) is 5.67 Å². The summed E-state index contributed by atoms with van der Waals surface area (Å²) >= 11 is 0. The third-order valence-electron chi connectivity index (χ3n) is 2.06. The Morgan fingerprint density at radius 1 is 1.69 bits per heavy atom. The molecule has 0 aromatic carbocycles. The third-order valence-corrected chi connectivity index (χ3v) is 2.06. The number of alkyl halides is 1. The fraction of sp³-hybridized carbons (Fsp3) is 0.556. The molecule has 4 heteroatoms. The molecule has 0 bridgehead atoms. The third kappa shape index (κ3) is 1.95. The van der Waals surface area contributed by atoms with Gasteiger partial charge in [0.2, 0.25) is 0 Å². The van der Waals surface area contributed by atoms with E-state index in [-0.39, 0.29) is 6.54 Å². The van der Waals surface area contributed by atoms with Crippen molar-refractivity contribution in [1.29, 1.82) is 0 Å². The van der Waals surface area contributed by atoms with E-state index >= 15 is 0 Å². The first kappa shape index (κ1) is 10.3. The number of methoxy groups -OCH3 is 1. The van der Waals surface area contributed by atoms with Crippen molar-refractivity contribution in [2.75, 3.05) is 13.7 Å². The molecule has 0 aliphatic heterocycles. The van der Waals surface area contributed by atoms with Crippen molar-refractivity contribution in [1.82, 2.24) is 0 Å². The lowest BCUT2D eigenvalue weighted by Gasteiger charge is -2.31. The van der Waals surface area contributed by atoms with Crippen molar-refractivity contribution in [2.45, 2.75) is 18.7 Å². The zero-order valence-electron chi connectivity index (χ0n) is 7.68. The van der Waals surface area contributed by atoms with Gasteiger partial charge in [-0.05, 0) is 24.6 Å². The lowest BCUT2D eigenvalue weighted by molar-refractivity contribution is 0.0209. The van der Waals surface area contributed by atoms with Gasteiger partial charge in [-0.25, -0.2) is 8.78 Å². The molecule has 2 nitrogen and oxygen atoms in total. The Morgan fingerprint density at radius 2 is 2.31 bits per heavy atom. The Labute approximate surface area is 76.1 Å². The zero-order valence-corrected chi connectivity index (χ0v) is 7.68. The molecule has 0 heterocycles. The van der Waals surface area contributed by atoms with E-state index in [0.717, 1.165) is 6.08 Å². The number of hydrogen-bond acceptors (Lipinski definition) is 2. The van der Waals surface area contributed by atoms with E-state index in [1.165, 1.54) is 20.1 Å². The van der Waals surface area contributed by atoms with E-state index in [9.17, 15) is 8.78 Å². The zero-order chi connectivity index (χ0) is 10.1. The van der Waals surface area contributed by atoms with Crippen molar-refractivity contribution < 1.29 is 13.5 Å². The second-order valence-corrected chi connectivity index (χ2v) is 3.22. The molecule has 2 N–H and O–H groups in total. The summed E-state index contributed by atoms with van der Waals surface area (Å²) < 4.78 is 31.5. The monoisotopic (exact) mass is 189 g/mol. The minimum absolute atomic E-state index is 0.0965. The van der Waals surface area contributed by atoms with Crippen molar-refractivity contribution in [3.8, 4) is 0 Å². The van der Waals surface area contributed by atoms with Crippen LogP contribution < -0.4 is 5.73 Å². The van der Waals surface area contributed by atoms with Crippen LogP contribution in [0.2, 0.25) is 0 Å². The maximum absolute atomic E-state index is 13.7. The van der Waals surface area contributed by atoms with Crippen LogP contribution in [-0.4, -0.2) is 25.4 Å². The van der Waals surface area contributed by atoms with E-state index in [4.69, 9.17) is 10.5 Å². The van der Waals surface area contributed by atoms with Crippen LogP contribution in [-0.2, 0) is 4.74 Å². The summed E-state index contributed by atoms with van der Waals surface area (Å²) in [7, 11) is 1.38. The molecule has 2 unspecified atom stereocenters. The van der Waals surface area contributed by atoms with Crippen molar-refractivity contribution in [2.24, 2.45) is 5.73 Å². The summed E-state index contributed by atoms with van der Waals surface area (Å²) in [4.78, 5) is 0. The lowest BCUT2D eigenvalue weighted by Crippen LogP contribution is -2.40. The second kappa shape index (κ2) is 3.55. The van der Waals surface area contributed by atoms with E-state index in [2.05, 4.69) is 0 Å². The summed E-state index contributed by atoms with van der Waals surface area (Å²) in [5.74, 6) is -0.598. The predicted molar refractivity (Wildman–Crippen MR) is 46.6 cm³/mol. The Bertz CT molecular complexity index is 258. The highest BCUT2D eigenvalue weighted by Crippen LogP contribution is 2.32. The van der Waals surface area contributed by atoms with Crippen LogP contribution in [0.4, 0.5) is 8.78 Å². The molecule has 0 aromatic rings. The summed E-state index contributed by atoms with van der Waals surface area (Å²) in [6.45, 7) is 1.36. The highest BCUT2D eigenvalue weighted by Gasteiger charge is 2.37. The van der Waals surface area contributed by atoms with E-state index in [1.54, 1.807) is 0 Å². The minimum atomic E-state index is -1.82. The van der Waals surface area contributed by atoms with Gasteiger partial charge in [0.25, 0.3) is 0 Å². The number of hydrogen-bond donors (Lipinski definition) is 1. The molecule has 0 fully saturated rings. The van der Waals surface area contributed by atoms with Crippen LogP contribution in [0.1, 0.15) is 6.92 Å². The minimum Gasteiger partial charge on any atom is -0.373 e. The van der Waals surface area contributed by atoms with Gasteiger partial charge in [-0.1, -0.05) is 0 Å². The summed E-state index contributed by atoms with van der Waals surface area (Å²) in [5.41, 5.74) is 3.96. The fourth-order valence-corrected chi connectivity index (χ4v) is 1.55. The average Bonchev–Trinajstić information content (AvgIpc) is 2.01. The highest BCUT2D eigenvalue weighted by molar-refractivity contribution is 5.34. The topological polar surface area (TPSA) is 35.2 Å². The van der Waals surface area contributed by atoms with Crippen LogP contribution >= 0.6 is 0 Å². The normalized spacial score (nSPS) is 34.1. The largest absolute Gasteiger partial charge is 0.373 e. The lowest BCUT2D eigenvalue weighted by atomic mass is 9.89. The fourth-order valence-electron chi connectivity index (χ4n) is 1.55. The quantitative estimate of drug-likeness (QED) is 0.714. The maximum Gasteiger partial charge on any atom is 0.159 e. The van der Waals surface area contributed by atoms with Crippen molar-refractivity contribution in [3.05, 3.63) is 23.6 Å². The van der Waals surface area contributed by atoms with Crippen molar-refractivity contribution in [3.63, 3.8) is 0 Å². The molecule has 0 aromatic heterocycles. The Kier molecular flexibility index (Phi) is 2.83. The van der Waals surface area contributed by atoms with Crippen LogP contribution in [0.25, 0.3) is 0 Å². The van der Waals surface area contributed by atoms with Gasteiger partial charge in [-0.2, -0.15) is 0 Å². The molecule has 13 heavy (non-hydrogen) atoms. The average molecular weight is 189 g/mol. The van der Waals surface area contributed by atoms with Gasteiger partial charge in [0.1, 0.15) is 11.9 Å². The second-order valence-electron chi connectivity index (χ2n) is 3.22. The van der Waals surface area contributed by atoms with Crippen LogP contribution in [0, 0.1) is 0 Å². The van der Waals surface area contributed by atoms with E-state index in [0.29, 0.717) is 5.57 Å². The molecule has 2 atom stereocenters. The molecule has 0 saturated carbocycles. The summed E-state index contributed by atoms with van der Waals surface area (Å²) in [6, 6.07) is 0. The molecule has 0 radical (unpaired) electrons. The molecular formula is C9H13F2NO. The molecule has 0 amide bonds. The van der Waals surface area contributed by atoms with Crippen LogP contribution in [0.15, 0.2) is 23.6 Å². The smallest absolute Gasteiger partial charge is 0.159 e. The standard InChI is InChI=1S/C9H13F2NO/c1-9(11)4-7(10)3-6(5-12)8(9)13-2/h3-4,8H,5,12H2,1-2H3. The van der Waals surface area contributed by atoms with E-state index < -0.39 is 17.6 Å². The Morgan fingerprint density at radius 3 is 2.77 bits per heavy atom. The highest BCUT2D eigenvalue weighted by atomic mass is 19.1. The van der Waals surface area contributed by atoms with Crippen LogP contribution in [0.3, 0.4) is 0 Å². The number of halogens is 2. The molecule has 1 aliphatic rings. The summed E-state index contributed by atoms with van der Waals surface area (Å²) in [6.07, 6.45) is 1.34. The molecule has 0 saturated heterocycles. The Balaban J connectivity index is 3.01. The maximum atomic E-state index is 13.7. The number of nitrogens with two attached hydrogens (primary N) is 1. The van der Waals surface area contributed by atoms with Gasteiger partial charge in [0.05, 0.1) is 0 Å². The molecule has 1 aliphatic carbocycles. The number of rotatable bonds is 2. The number of allylic oxidation sites excluding steroid dienone is 2. The van der Waals surface area contributed by atoms with Gasteiger partial charge in [-0.3, -0.25) is 0 Å².